The van der Waals surface area contributed by atoms with E-state index < -0.39 is 0 Å². The van der Waals surface area contributed by atoms with Crippen molar-refractivity contribution in [2.45, 2.75) is 89.9 Å². The summed E-state index contributed by atoms with van der Waals surface area (Å²) >= 11 is 0. The van der Waals surface area contributed by atoms with Gasteiger partial charge in [0.05, 0.1) is 11.7 Å². The number of nitrogens with zero attached hydrogens (tertiary/aromatic N) is 3. The van der Waals surface area contributed by atoms with Crippen LogP contribution >= 0.6 is 0 Å². The Balaban J connectivity index is 1.38. The van der Waals surface area contributed by atoms with Crippen LogP contribution in [0.5, 0.6) is 0 Å². The Labute approximate surface area is 153 Å². The lowest BCUT2D eigenvalue weighted by Gasteiger charge is -2.44. The van der Waals surface area contributed by atoms with Crippen LogP contribution in [0.25, 0.3) is 0 Å². The van der Waals surface area contributed by atoms with Gasteiger partial charge in [-0.2, -0.15) is 0 Å². The van der Waals surface area contributed by atoms with Crippen LogP contribution in [0.2, 0.25) is 0 Å². The first kappa shape index (κ1) is 18.8. The summed E-state index contributed by atoms with van der Waals surface area (Å²) in [6, 6.07) is 0.713. The average molecular weight is 346 g/mol. The lowest BCUT2D eigenvalue weighted by Crippen LogP contribution is -2.49. The Morgan fingerprint density at radius 1 is 1.08 bits per heavy atom. The Bertz CT molecular complexity index is 537. The molecule has 140 valence electrons. The summed E-state index contributed by atoms with van der Waals surface area (Å²) < 4.78 is 6.07. The van der Waals surface area contributed by atoms with Crippen molar-refractivity contribution in [3.63, 3.8) is 0 Å². The minimum absolute atomic E-state index is 0.00929. The lowest BCUT2D eigenvalue weighted by atomic mass is 9.80. The maximum atomic E-state index is 6.07. The molecule has 2 saturated carbocycles. The van der Waals surface area contributed by atoms with Gasteiger partial charge in [0.15, 0.2) is 0 Å². The molecule has 1 heterocycles. The van der Waals surface area contributed by atoms with E-state index >= 15 is 0 Å². The molecule has 2 aliphatic carbocycles. The highest BCUT2D eigenvalue weighted by molar-refractivity contribution is 5.06. The van der Waals surface area contributed by atoms with Gasteiger partial charge in [0.25, 0.3) is 0 Å². The third-order valence-corrected chi connectivity index (χ3v) is 5.77. The molecule has 0 bridgehead atoms. The number of aromatic nitrogens is 2. The van der Waals surface area contributed by atoms with E-state index in [2.05, 4.69) is 42.7 Å². The smallest absolute Gasteiger partial charge is 0.131 e. The first-order valence-corrected chi connectivity index (χ1v) is 9.97. The first-order chi connectivity index (χ1) is 11.8. The molecule has 0 atom stereocenters. The third kappa shape index (κ3) is 5.24. The Morgan fingerprint density at radius 2 is 1.68 bits per heavy atom. The molecular weight excluding hydrogens is 310 g/mol. The van der Waals surface area contributed by atoms with Gasteiger partial charge in [0.2, 0.25) is 0 Å². The van der Waals surface area contributed by atoms with Gasteiger partial charge in [-0.15, -0.1) is 0 Å². The number of hydrogen-bond acceptors (Lipinski definition) is 4. The quantitative estimate of drug-likeness (QED) is 0.796. The molecule has 4 nitrogen and oxygen atoms in total. The van der Waals surface area contributed by atoms with Crippen LogP contribution in [-0.4, -0.2) is 46.2 Å². The van der Waals surface area contributed by atoms with Crippen molar-refractivity contribution in [1.29, 1.82) is 0 Å². The van der Waals surface area contributed by atoms with Gasteiger partial charge < -0.3 is 9.64 Å². The summed E-state index contributed by atoms with van der Waals surface area (Å²) in [7, 11) is 2.30. The molecule has 0 radical (unpaired) electrons. The maximum Gasteiger partial charge on any atom is 0.131 e. The molecule has 0 unspecified atom stereocenters. The predicted octanol–water partition coefficient (Wildman–Crippen LogP) is 4.34. The second-order valence-electron chi connectivity index (χ2n) is 9.25. The van der Waals surface area contributed by atoms with Crippen LogP contribution < -0.4 is 0 Å². The normalized spacial score (nSPS) is 30.3. The van der Waals surface area contributed by atoms with Crippen molar-refractivity contribution in [3.05, 3.63) is 23.8 Å². The summed E-state index contributed by atoms with van der Waals surface area (Å²) in [4.78, 5) is 11.7. The summed E-state index contributed by atoms with van der Waals surface area (Å²) in [5.41, 5.74) is 1.14. The molecule has 25 heavy (non-hydrogen) atoms. The molecule has 0 N–H and O–H groups in total. The van der Waals surface area contributed by atoms with E-state index in [9.17, 15) is 0 Å². The fourth-order valence-corrected chi connectivity index (χ4v) is 4.27. The first-order valence-electron chi connectivity index (χ1n) is 9.97. The zero-order chi connectivity index (χ0) is 18.0. The Morgan fingerprint density at radius 3 is 2.24 bits per heavy atom. The molecule has 1 aromatic heterocycles. The van der Waals surface area contributed by atoms with Crippen LogP contribution in [0.15, 0.2) is 12.4 Å². The van der Waals surface area contributed by atoms with Crippen LogP contribution in [0, 0.1) is 12.8 Å². The van der Waals surface area contributed by atoms with E-state index in [1.54, 1.807) is 0 Å². The highest BCUT2D eigenvalue weighted by Crippen LogP contribution is 2.36. The van der Waals surface area contributed by atoms with Crippen LogP contribution in [0.1, 0.15) is 76.6 Å². The monoisotopic (exact) mass is 345 g/mol. The van der Waals surface area contributed by atoms with Crippen molar-refractivity contribution >= 4 is 0 Å². The fourth-order valence-electron chi connectivity index (χ4n) is 4.27. The fraction of sp³-hybridized carbons (Fsp3) is 0.810. The minimum Gasteiger partial charge on any atom is -0.373 e. The Kier molecular flexibility index (Phi) is 5.79. The van der Waals surface area contributed by atoms with E-state index in [-0.39, 0.29) is 5.60 Å². The molecular formula is C21H35N3O. The zero-order valence-corrected chi connectivity index (χ0v) is 16.7. The largest absolute Gasteiger partial charge is 0.373 e. The average Bonchev–Trinajstić information content (AvgIpc) is 2.51. The van der Waals surface area contributed by atoms with Crippen molar-refractivity contribution in [2.75, 3.05) is 13.6 Å². The molecule has 0 amide bonds. The van der Waals surface area contributed by atoms with E-state index in [4.69, 9.17) is 4.74 Å². The number of ether oxygens (including phenoxy) is 1. The van der Waals surface area contributed by atoms with E-state index in [0.717, 1.165) is 17.3 Å². The second-order valence-corrected chi connectivity index (χ2v) is 9.25. The summed E-state index contributed by atoms with van der Waals surface area (Å²) in [6.45, 7) is 9.74. The van der Waals surface area contributed by atoms with E-state index in [1.807, 2.05) is 19.3 Å². The van der Waals surface area contributed by atoms with Crippen LogP contribution in [0.3, 0.4) is 0 Å². The molecule has 0 aromatic carbocycles. The number of aryl methyl sites for hydroxylation is 1. The van der Waals surface area contributed by atoms with Crippen LogP contribution in [0.4, 0.5) is 0 Å². The van der Waals surface area contributed by atoms with Gasteiger partial charge in [0, 0.05) is 30.9 Å². The number of rotatable bonds is 5. The highest BCUT2D eigenvalue weighted by atomic mass is 16.5. The van der Waals surface area contributed by atoms with Crippen molar-refractivity contribution in [1.82, 2.24) is 14.9 Å². The second kappa shape index (κ2) is 7.71. The van der Waals surface area contributed by atoms with Gasteiger partial charge in [0.1, 0.15) is 5.82 Å². The molecule has 1 aromatic rings. The van der Waals surface area contributed by atoms with Crippen molar-refractivity contribution in [2.24, 2.45) is 5.92 Å². The topological polar surface area (TPSA) is 38.2 Å². The minimum atomic E-state index is -0.00929. The van der Waals surface area contributed by atoms with Gasteiger partial charge in [-0.3, -0.25) is 0 Å². The summed E-state index contributed by atoms with van der Waals surface area (Å²) in [5, 5.41) is 0. The summed E-state index contributed by atoms with van der Waals surface area (Å²) in [5.74, 6) is 2.45. The Hall–Kier alpha value is -1.00. The van der Waals surface area contributed by atoms with E-state index in [0.29, 0.717) is 18.1 Å². The van der Waals surface area contributed by atoms with Gasteiger partial charge in [-0.25, -0.2) is 9.97 Å². The molecule has 0 aliphatic heterocycles. The van der Waals surface area contributed by atoms with Gasteiger partial charge in [-0.1, -0.05) is 0 Å². The zero-order valence-electron chi connectivity index (χ0n) is 16.7. The molecule has 3 rings (SSSR count). The van der Waals surface area contributed by atoms with Crippen molar-refractivity contribution < 1.29 is 4.74 Å². The molecule has 4 heteroatoms. The molecule has 0 spiro atoms. The lowest BCUT2D eigenvalue weighted by molar-refractivity contribution is -0.118. The van der Waals surface area contributed by atoms with E-state index in [1.165, 1.54) is 45.1 Å². The van der Waals surface area contributed by atoms with Crippen molar-refractivity contribution in [3.8, 4) is 0 Å². The predicted molar refractivity (Wildman–Crippen MR) is 102 cm³/mol. The molecule has 2 fully saturated rings. The maximum absolute atomic E-state index is 6.07. The van der Waals surface area contributed by atoms with Gasteiger partial charge in [-0.05, 0) is 84.7 Å². The molecule has 0 saturated heterocycles. The standard InChI is InChI=1S/C21H35N3O/c1-15-12-22-20(23-13-15)17-8-6-16(7-9-17)14-24(5)18-10-19(11-18)25-21(2,3)4/h12-13,16-19H,6-11,14H2,1-5H3. The van der Waals surface area contributed by atoms with Crippen LogP contribution in [-0.2, 0) is 4.74 Å². The SMILES string of the molecule is Cc1cnc(C2CCC(CN(C)C3CC(OC(C)(C)C)C3)CC2)nc1. The highest BCUT2D eigenvalue weighted by Gasteiger charge is 2.36. The number of hydrogen-bond donors (Lipinski definition) is 0. The van der Waals surface area contributed by atoms with Gasteiger partial charge >= 0.3 is 0 Å². The molecule has 2 aliphatic rings. The summed E-state index contributed by atoms with van der Waals surface area (Å²) in [6.07, 6.45) is 11.8. The third-order valence-electron chi connectivity index (χ3n) is 5.77.